The van der Waals surface area contributed by atoms with E-state index >= 15 is 0 Å². The van der Waals surface area contributed by atoms with E-state index in [4.69, 9.17) is 5.11 Å². The molecule has 0 bridgehead atoms. The van der Waals surface area contributed by atoms with Gasteiger partial charge in [0.05, 0.1) is 12.6 Å². The van der Waals surface area contributed by atoms with Crippen molar-refractivity contribution < 1.29 is 19.1 Å². The molecule has 1 atom stereocenters. The van der Waals surface area contributed by atoms with E-state index in [9.17, 15) is 14.0 Å². The second-order valence-corrected chi connectivity index (χ2v) is 4.95. The summed E-state index contributed by atoms with van der Waals surface area (Å²) in [4.78, 5) is 23.3. The third-order valence-electron chi connectivity index (χ3n) is 2.60. The number of aliphatic hydroxyl groups is 1. The number of carbonyl (C=O) groups is 2. The Morgan fingerprint density at radius 1 is 1.30 bits per heavy atom. The molecule has 2 amide bonds. The van der Waals surface area contributed by atoms with E-state index < -0.39 is 23.7 Å². The number of hydrogen-bond donors (Lipinski definition) is 3. The van der Waals surface area contributed by atoms with Crippen LogP contribution >= 0.6 is 0 Å². The van der Waals surface area contributed by atoms with Crippen molar-refractivity contribution in [2.75, 3.05) is 11.9 Å². The summed E-state index contributed by atoms with van der Waals surface area (Å²) in [6, 6.07) is 4.79. The van der Waals surface area contributed by atoms with Crippen LogP contribution in [0, 0.1) is 11.7 Å². The number of amides is 2. The number of anilines is 1. The predicted octanol–water partition coefficient (Wildman–Crippen LogP) is 1.29. The van der Waals surface area contributed by atoms with Gasteiger partial charge in [0.2, 0.25) is 0 Å². The van der Waals surface area contributed by atoms with Gasteiger partial charge in [-0.15, -0.1) is 0 Å². The molecule has 1 unspecified atom stereocenters. The molecule has 0 aromatic heterocycles. The van der Waals surface area contributed by atoms with Gasteiger partial charge in [0, 0.05) is 5.69 Å². The molecule has 3 N–H and O–H groups in total. The zero-order valence-electron chi connectivity index (χ0n) is 11.5. The molecule has 0 saturated carbocycles. The monoisotopic (exact) mass is 282 g/mol. The number of carbonyl (C=O) groups excluding carboxylic acids is 2. The van der Waals surface area contributed by atoms with E-state index in [0.717, 1.165) is 6.07 Å². The van der Waals surface area contributed by atoms with E-state index in [-0.39, 0.29) is 18.2 Å². The van der Waals surface area contributed by atoms with Crippen molar-refractivity contribution in [1.82, 2.24) is 5.32 Å². The number of aliphatic hydroxyl groups excluding tert-OH is 1. The highest BCUT2D eigenvalue weighted by atomic mass is 19.1. The average molecular weight is 282 g/mol. The molecule has 20 heavy (non-hydrogen) atoms. The summed E-state index contributed by atoms with van der Waals surface area (Å²) in [5.41, 5.74) is 0.203. The molecule has 0 aliphatic rings. The van der Waals surface area contributed by atoms with Crippen LogP contribution in [0.1, 0.15) is 20.3 Å². The number of benzene rings is 1. The van der Waals surface area contributed by atoms with Crippen molar-refractivity contribution in [1.29, 1.82) is 0 Å². The highest BCUT2D eigenvalue weighted by Gasteiger charge is 2.19. The maximum absolute atomic E-state index is 12.9. The lowest BCUT2D eigenvalue weighted by molar-refractivity contribution is -0.136. The van der Waals surface area contributed by atoms with Crippen LogP contribution in [-0.4, -0.2) is 29.6 Å². The predicted molar refractivity (Wildman–Crippen MR) is 73.5 cm³/mol. The van der Waals surface area contributed by atoms with Crippen LogP contribution in [0.5, 0.6) is 0 Å². The largest absolute Gasteiger partial charge is 0.394 e. The molecule has 1 aromatic carbocycles. The van der Waals surface area contributed by atoms with Gasteiger partial charge in [0.15, 0.2) is 0 Å². The van der Waals surface area contributed by atoms with Gasteiger partial charge in [-0.3, -0.25) is 9.59 Å². The maximum Gasteiger partial charge on any atom is 0.313 e. The van der Waals surface area contributed by atoms with Crippen molar-refractivity contribution in [3.05, 3.63) is 30.1 Å². The Morgan fingerprint density at radius 2 is 2.00 bits per heavy atom. The van der Waals surface area contributed by atoms with Crippen LogP contribution in [0.3, 0.4) is 0 Å². The van der Waals surface area contributed by atoms with Gasteiger partial charge < -0.3 is 15.7 Å². The summed E-state index contributed by atoms with van der Waals surface area (Å²) in [6.45, 7) is 3.65. The Kier molecular flexibility index (Phi) is 6.11. The molecule has 110 valence electrons. The molecule has 0 radical (unpaired) electrons. The number of rotatable bonds is 5. The average Bonchev–Trinajstić information content (AvgIpc) is 2.37. The van der Waals surface area contributed by atoms with Crippen molar-refractivity contribution in [2.45, 2.75) is 26.3 Å². The molecule has 1 aromatic rings. The normalized spacial score (nSPS) is 12.1. The molecular weight excluding hydrogens is 263 g/mol. The second kappa shape index (κ2) is 7.59. The van der Waals surface area contributed by atoms with E-state index in [1.54, 1.807) is 0 Å². The summed E-state index contributed by atoms with van der Waals surface area (Å²) >= 11 is 0. The molecule has 0 heterocycles. The minimum atomic E-state index is -0.891. The molecule has 0 fully saturated rings. The third-order valence-corrected chi connectivity index (χ3v) is 2.60. The lowest BCUT2D eigenvalue weighted by Gasteiger charge is -2.17. The Morgan fingerprint density at radius 3 is 2.55 bits per heavy atom. The summed E-state index contributed by atoms with van der Waals surface area (Å²) in [7, 11) is 0. The van der Waals surface area contributed by atoms with Gasteiger partial charge >= 0.3 is 11.8 Å². The fraction of sp³-hybridized carbons (Fsp3) is 0.429. The Hall–Kier alpha value is -1.95. The molecule has 1 rings (SSSR count). The highest BCUT2D eigenvalue weighted by Crippen LogP contribution is 2.09. The first-order valence-corrected chi connectivity index (χ1v) is 6.40. The fourth-order valence-electron chi connectivity index (χ4n) is 1.75. The number of halogens is 1. The Balaban J connectivity index is 2.56. The van der Waals surface area contributed by atoms with Crippen LogP contribution < -0.4 is 10.6 Å². The standard InChI is InChI=1S/C14H19FN2O3/c1-9(2)6-12(8-18)17-14(20)13(19)16-11-5-3-4-10(15)7-11/h3-5,7,9,12,18H,6,8H2,1-2H3,(H,16,19)(H,17,20). The van der Waals surface area contributed by atoms with Crippen molar-refractivity contribution in [3.63, 3.8) is 0 Å². The molecule has 0 aliphatic carbocycles. The topological polar surface area (TPSA) is 78.4 Å². The summed E-state index contributed by atoms with van der Waals surface area (Å²) in [6.07, 6.45) is 0.565. The van der Waals surface area contributed by atoms with Crippen LogP contribution in [0.4, 0.5) is 10.1 Å². The minimum absolute atomic E-state index is 0.203. The fourth-order valence-corrected chi connectivity index (χ4v) is 1.75. The van der Waals surface area contributed by atoms with Crippen molar-refractivity contribution >= 4 is 17.5 Å². The molecule has 0 saturated heterocycles. The lowest BCUT2D eigenvalue weighted by Crippen LogP contribution is -2.44. The Bertz CT molecular complexity index is 477. The maximum atomic E-state index is 12.9. The highest BCUT2D eigenvalue weighted by molar-refractivity contribution is 6.39. The second-order valence-electron chi connectivity index (χ2n) is 4.95. The summed E-state index contributed by atoms with van der Waals surface area (Å²) < 4.78 is 12.9. The van der Waals surface area contributed by atoms with E-state index in [0.29, 0.717) is 6.42 Å². The molecule has 0 spiro atoms. The van der Waals surface area contributed by atoms with Crippen molar-refractivity contribution in [3.8, 4) is 0 Å². The van der Waals surface area contributed by atoms with Crippen LogP contribution in [0.15, 0.2) is 24.3 Å². The summed E-state index contributed by atoms with van der Waals surface area (Å²) in [5.74, 6) is -1.97. The van der Waals surface area contributed by atoms with Gasteiger partial charge in [-0.25, -0.2) is 4.39 Å². The number of nitrogens with one attached hydrogen (secondary N) is 2. The molecular formula is C14H19FN2O3. The van der Waals surface area contributed by atoms with Gasteiger partial charge in [-0.1, -0.05) is 19.9 Å². The minimum Gasteiger partial charge on any atom is -0.394 e. The molecule has 0 aliphatic heterocycles. The van der Waals surface area contributed by atoms with Gasteiger partial charge in [-0.2, -0.15) is 0 Å². The smallest absolute Gasteiger partial charge is 0.313 e. The first-order chi connectivity index (χ1) is 9.42. The van der Waals surface area contributed by atoms with E-state index in [1.165, 1.54) is 18.2 Å². The van der Waals surface area contributed by atoms with Gasteiger partial charge in [0.1, 0.15) is 5.82 Å². The van der Waals surface area contributed by atoms with Crippen molar-refractivity contribution in [2.24, 2.45) is 5.92 Å². The number of hydrogen-bond acceptors (Lipinski definition) is 3. The molecule has 5 nitrogen and oxygen atoms in total. The van der Waals surface area contributed by atoms with E-state index in [1.807, 2.05) is 13.8 Å². The zero-order valence-corrected chi connectivity index (χ0v) is 11.5. The SMILES string of the molecule is CC(C)CC(CO)NC(=O)C(=O)Nc1cccc(F)c1. The first kappa shape index (κ1) is 16.1. The quantitative estimate of drug-likeness (QED) is 0.712. The van der Waals surface area contributed by atoms with E-state index in [2.05, 4.69) is 10.6 Å². The van der Waals surface area contributed by atoms with Gasteiger partial charge in [-0.05, 0) is 30.5 Å². The van der Waals surface area contributed by atoms with Gasteiger partial charge in [0.25, 0.3) is 0 Å². The van der Waals surface area contributed by atoms with Crippen LogP contribution in [-0.2, 0) is 9.59 Å². The van der Waals surface area contributed by atoms with Crippen LogP contribution in [0.2, 0.25) is 0 Å². The summed E-state index contributed by atoms with van der Waals surface area (Å²) in [5, 5.41) is 13.9. The first-order valence-electron chi connectivity index (χ1n) is 6.40. The van der Waals surface area contributed by atoms with Crippen LogP contribution in [0.25, 0.3) is 0 Å². The third kappa shape index (κ3) is 5.36. The zero-order chi connectivity index (χ0) is 15.1. The molecule has 6 heteroatoms. The lowest BCUT2D eigenvalue weighted by atomic mass is 10.0. The Labute approximate surface area is 117 Å².